The van der Waals surface area contributed by atoms with E-state index in [9.17, 15) is 0 Å². The van der Waals surface area contributed by atoms with Gasteiger partial charge in [0.05, 0.1) is 0 Å². The third-order valence-electron chi connectivity index (χ3n) is 3.64. The second kappa shape index (κ2) is 3.97. The largest absolute Gasteiger partial charge is 0.313 e. The minimum Gasteiger partial charge on any atom is -0.313 e. The molecule has 1 aliphatic heterocycles. The fourth-order valence-corrected chi connectivity index (χ4v) is 2.35. The Balaban J connectivity index is 1.66. The summed E-state index contributed by atoms with van der Waals surface area (Å²) in [5, 5.41) is 7.28. The van der Waals surface area contributed by atoms with Crippen LogP contribution in [0, 0.1) is 0 Å². The van der Waals surface area contributed by atoms with E-state index in [2.05, 4.69) is 17.6 Å². The van der Waals surface area contributed by atoms with Gasteiger partial charge in [-0.15, -0.1) is 0 Å². The molecule has 2 N–H and O–H groups in total. The first-order valence-electron chi connectivity index (χ1n) is 5.77. The Hall–Kier alpha value is -0.0800. The van der Waals surface area contributed by atoms with E-state index in [-0.39, 0.29) is 0 Å². The second-order valence-corrected chi connectivity index (χ2v) is 4.94. The van der Waals surface area contributed by atoms with Crippen molar-refractivity contribution in [2.45, 2.75) is 57.0 Å². The van der Waals surface area contributed by atoms with Crippen molar-refractivity contribution in [1.82, 2.24) is 10.6 Å². The molecule has 1 heterocycles. The molecule has 0 bridgehead atoms. The van der Waals surface area contributed by atoms with E-state index in [0.717, 1.165) is 6.04 Å². The molecule has 76 valence electrons. The van der Waals surface area contributed by atoms with Crippen LogP contribution in [0.4, 0.5) is 0 Å². The van der Waals surface area contributed by atoms with E-state index >= 15 is 0 Å². The van der Waals surface area contributed by atoms with Gasteiger partial charge in [0.25, 0.3) is 0 Å². The van der Waals surface area contributed by atoms with Crippen molar-refractivity contribution < 1.29 is 0 Å². The summed E-state index contributed by atoms with van der Waals surface area (Å²) in [7, 11) is 0. The normalized spacial score (nSPS) is 32.5. The topological polar surface area (TPSA) is 24.1 Å². The number of hydrogen-bond donors (Lipinski definition) is 2. The Bertz CT molecular complexity index is 157. The Morgan fingerprint density at radius 3 is 2.69 bits per heavy atom. The molecule has 0 spiro atoms. The van der Waals surface area contributed by atoms with Crippen molar-refractivity contribution in [3.05, 3.63) is 0 Å². The van der Waals surface area contributed by atoms with Gasteiger partial charge < -0.3 is 10.6 Å². The number of piperidine rings is 1. The summed E-state index contributed by atoms with van der Waals surface area (Å²) in [4.78, 5) is 0. The summed E-state index contributed by atoms with van der Waals surface area (Å²) in [5.74, 6) is 0. The highest BCUT2D eigenvalue weighted by Gasteiger charge is 2.31. The van der Waals surface area contributed by atoms with Gasteiger partial charge in [0.1, 0.15) is 0 Å². The number of nitrogens with one attached hydrogen (secondary N) is 2. The third kappa shape index (κ3) is 2.44. The van der Waals surface area contributed by atoms with E-state index in [1.165, 1.54) is 51.6 Å². The van der Waals surface area contributed by atoms with Crippen molar-refractivity contribution in [3.8, 4) is 0 Å². The molecule has 2 fully saturated rings. The fraction of sp³-hybridized carbons (Fsp3) is 1.00. The molecule has 2 rings (SSSR count). The van der Waals surface area contributed by atoms with Crippen LogP contribution in [0.5, 0.6) is 0 Å². The van der Waals surface area contributed by atoms with Crippen LogP contribution in [0.1, 0.15) is 45.4 Å². The Kier molecular flexibility index (Phi) is 2.89. The molecule has 0 aromatic heterocycles. The quantitative estimate of drug-likeness (QED) is 0.693. The zero-order valence-electron chi connectivity index (χ0n) is 8.73. The highest BCUT2D eigenvalue weighted by molar-refractivity contribution is 4.92. The van der Waals surface area contributed by atoms with Gasteiger partial charge in [-0.1, -0.05) is 6.42 Å². The molecule has 1 saturated carbocycles. The first-order chi connectivity index (χ1) is 6.29. The lowest BCUT2D eigenvalue weighted by atomic mass is 9.78. The van der Waals surface area contributed by atoms with E-state index in [1.807, 2.05) is 0 Å². The van der Waals surface area contributed by atoms with Gasteiger partial charge in [0.15, 0.2) is 0 Å². The van der Waals surface area contributed by atoms with E-state index in [4.69, 9.17) is 0 Å². The lowest BCUT2D eigenvalue weighted by molar-refractivity contribution is 0.196. The standard InChI is InChI=1S/C11H22N2/c1-11(6-4-7-11)13-9-10-5-2-3-8-12-10/h10,12-13H,2-9H2,1H3. The first kappa shape index (κ1) is 9.47. The van der Waals surface area contributed by atoms with Crippen LogP contribution in [0.2, 0.25) is 0 Å². The molecule has 1 saturated heterocycles. The maximum absolute atomic E-state index is 3.70. The maximum Gasteiger partial charge on any atom is 0.0192 e. The SMILES string of the molecule is CC1(NCC2CCCCN2)CCC1. The zero-order chi connectivity index (χ0) is 9.15. The monoisotopic (exact) mass is 182 g/mol. The molecule has 0 aromatic carbocycles. The lowest BCUT2D eigenvalue weighted by Crippen LogP contribution is -2.53. The molecule has 0 aromatic rings. The van der Waals surface area contributed by atoms with Crippen molar-refractivity contribution in [2.24, 2.45) is 0 Å². The molecule has 1 unspecified atom stereocenters. The summed E-state index contributed by atoms with van der Waals surface area (Å²) in [6.07, 6.45) is 8.31. The zero-order valence-corrected chi connectivity index (χ0v) is 8.73. The van der Waals surface area contributed by atoms with Crippen LogP contribution >= 0.6 is 0 Å². The summed E-state index contributed by atoms with van der Waals surface area (Å²) in [5.41, 5.74) is 0.485. The predicted molar refractivity (Wildman–Crippen MR) is 55.9 cm³/mol. The van der Waals surface area contributed by atoms with Gasteiger partial charge in [-0.05, 0) is 45.6 Å². The molecule has 2 heteroatoms. The summed E-state index contributed by atoms with van der Waals surface area (Å²) < 4.78 is 0. The van der Waals surface area contributed by atoms with Gasteiger partial charge in [0, 0.05) is 18.1 Å². The highest BCUT2D eigenvalue weighted by atomic mass is 15.0. The van der Waals surface area contributed by atoms with Gasteiger partial charge >= 0.3 is 0 Å². The predicted octanol–water partition coefficient (Wildman–Crippen LogP) is 1.66. The van der Waals surface area contributed by atoms with Crippen molar-refractivity contribution in [2.75, 3.05) is 13.1 Å². The van der Waals surface area contributed by atoms with Gasteiger partial charge in [0.2, 0.25) is 0 Å². The fourth-order valence-electron chi connectivity index (χ4n) is 2.35. The van der Waals surface area contributed by atoms with E-state index < -0.39 is 0 Å². The minimum atomic E-state index is 0.485. The van der Waals surface area contributed by atoms with E-state index in [0.29, 0.717) is 5.54 Å². The molecule has 2 aliphatic rings. The van der Waals surface area contributed by atoms with E-state index in [1.54, 1.807) is 0 Å². The molecule has 13 heavy (non-hydrogen) atoms. The van der Waals surface area contributed by atoms with Crippen LogP contribution in [-0.4, -0.2) is 24.7 Å². The van der Waals surface area contributed by atoms with Crippen molar-refractivity contribution in [3.63, 3.8) is 0 Å². The molecule has 1 atom stereocenters. The molecule has 0 amide bonds. The average Bonchev–Trinajstić information content (AvgIpc) is 2.13. The van der Waals surface area contributed by atoms with Crippen LogP contribution in [0.3, 0.4) is 0 Å². The number of hydrogen-bond acceptors (Lipinski definition) is 2. The molecule has 2 nitrogen and oxygen atoms in total. The molecule has 1 aliphatic carbocycles. The third-order valence-corrected chi connectivity index (χ3v) is 3.64. The highest BCUT2D eigenvalue weighted by Crippen LogP contribution is 2.30. The lowest BCUT2D eigenvalue weighted by Gasteiger charge is -2.41. The maximum atomic E-state index is 3.70. The summed E-state index contributed by atoms with van der Waals surface area (Å²) in [6, 6.07) is 0.742. The molecular formula is C11H22N2. The first-order valence-corrected chi connectivity index (χ1v) is 5.77. The van der Waals surface area contributed by atoms with Gasteiger partial charge in [-0.3, -0.25) is 0 Å². The smallest absolute Gasteiger partial charge is 0.0192 e. The van der Waals surface area contributed by atoms with Crippen LogP contribution in [0.25, 0.3) is 0 Å². The van der Waals surface area contributed by atoms with Crippen molar-refractivity contribution in [1.29, 1.82) is 0 Å². The average molecular weight is 182 g/mol. The molecular weight excluding hydrogens is 160 g/mol. The van der Waals surface area contributed by atoms with Crippen molar-refractivity contribution >= 4 is 0 Å². The Labute approximate surface area is 81.5 Å². The Morgan fingerprint density at radius 2 is 2.15 bits per heavy atom. The molecule has 0 radical (unpaired) electrons. The second-order valence-electron chi connectivity index (χ2n) is 4.94. The number of rotatable bonds is 3. The van der Waals surface area contributed by atoms with Crippen LogP contribution in [-0.2, 0) is 0 Å². The summed E-state index contributed by atoms with van der Waals surface area (Å²) >= 11 is 0. The van der Waals surface area contributed by atoms with Gasteiger partial charge in [-0.2, -0.15) is 0 Å². The van der Waals surface area contributed by atoms with Gasteiger partial charge in [-0.25, -0.2) is 0 Å². The van der Waals surface area contributed by atoms with Crippen LogP contribution in [0.15, 0.2) is 0 Å². The summed E-state index contributed by atoms with van der Waals surface area (Å²) in [6.45, 7) is 4.76. The Morgan fingerprint density at radius 1 is 1.31 bits per heavy atom. The van der Waals surface area contributed by atoms with Crippen LogP contribution < -0.4 is 10.6 Å². The minimum absolute atomic E-state index is 0.485.